The third-order valence-electron chi connectivity index (χ3n) is 5.33. The lowest BCUT2D eigenvalue weighted by Gasteiger charge is -2.23. The molecule has 130 valence electrons. The second-order valence-electron chi connectivity index (χ2n) is 7.05. The number of benzene rings is 1. The zero-order chi connectivity index (χ0) is 17.6. The van der Waals surface area contributed by atoms with E-state index in [1.807, 2.05) is 24.0 Å². The summed E-state index contributed by atoms with van der Waals surface area (Å²) in [5, 5.41) is 8.56. The van der Waals surface area contributed by atoms with Gasteiger partial charge in [-0.2, -0.15) is 5.10 Å². The Kier molecular flexibility index (Phi) is 3.86. The molecule has 1 N–H and O–H groups in total. The van der Waals surface area contributed by atoms with Crippen molar-refractivity contribution in [2.24, 2.45) is 7.05 Å². The third-order valence-corrected chi connectivity index (χ3v) is 5.33. The Bertz CT molecular complexity index is 951. The minimum absolute atomic E-state index is 0.0302. The summed E-state index contributed by atoms with van der Waals surface area (Å²) in [4.78, 5) is 12.6. The highest BCUT2D eigenvalue weighted by molar-refractivity contribution is 5.88. The molecular weight excluding hydrogens is 314 g/mol. The zero-order valence-corrected chi connectivity index (χ0v) is 14.9. The number of carbonyl (C=O) groups is 1. The van der Waals surface area contributed by atoms with Crippen LogP contribution in [0.25, 0.3) is 11.0 Å². The van der Waals surface area contributed by atoms with Crippen molar-refractivity contribution in [3.05, 3.63) is 52.5 Å². The summed E-state index contributed by atoms with van der Waals surface area (Å²) in [7, 11) is 1.96. The Morgan fingerprint density at radius 3 is 3.00 bits per heavy atom. The molecule has 0 spiro atoms. The zero-order valence-electron chi connectivity index (χ0n) is 14.9. The highest BCUT2D eigenvalue weighted by Crippen LogP contribution is 2.30. The number of hydrogen-bond acceptors (Lipinski definition) is 3. The molecule has 0 saturated heterocycles. The molecule has 1 aliphatic rings. The van der Waals surface area contributed by atoms with Crippen LogP contribution in [-0.4, -0.2) is 15.7 Å². The average Bonchev–Trinajstić information content (AvgIpc) is 3.14. The van der Waals surface area contributed by atoms with Gasteiger partial charge in [0.25, 0.3) is 0 Å². The van der Waals surface area contributed by atoms with Gasteiger partial charge in [0.15, 0.2) is 0 Å². The van der Waals surface area contributed by atoms with Gasteiger partial charge in [0.1, 0.15) is 5.58 Å². The molecule has 5 nitrogen and oxygen atoms in total. The normalized spacial score (nSPS) is 16.8. The Morgan fingerprint density at radius 2 is 2.16 bits per heavy atom. The number of hydrogen-bond donors (Lipinski definition) is 1. The van der Waals surface area contributed by atoms with Crippen molar-refractivity contribution in [3.8, 4) is 0 Å². The molecule has 2 heterocycles. The number of aryl methyl sites for hydroxylation is 3. The number of furan rings is 1. The SMILES string of the molecule is Cc1cc2occ(CC(=O)NC3CCCc4c3cnn4C)c2cc1C. The lowest BCUT2D eigenvalue weighted by molar-refractivity contribution is -0.121. The minimum atomic E-state index is 0.0302. The van der Waals surface area contributed by atoms with E-state index >= 15 is 0 Å². The van der Waals surface area contributed by atoms with Gasteiger partial charge in [-0.05, 0) is 56.4 Å². The summed E-state index contributed by atoms with van der Waals surface area (Å²) < 4.78 is 7.56. The lowest BCUT2D eigenvalue weighted by atomic mass is 9.92. The Hall–Kier alpha value is -2.56. The highest BCUT2D eigenvalue weighted by Gasteiger charge is 2.25. The van der Waals surface area contributed by atoms with Crippen molar-refractivity contribution in [3.63, 3.8) is 0 Å². The van der Waals surface area contributed by atoms with E-state index in [1.165, 1.54) is 16.8 Å². The molecule has 0 radical (unpaired) electrons. The van der Waals surface area contributed by atoms with Gasteiger partial charge in [-0.1, -0.05) is 0 Å². The van der Waals surface area contributed by atoms with E-state index in [2.05, 4.69) is 30.3 Å². The van der Waals surface area contributed by atoms with Crippen LogP contribution in [-0.2, 0) is 24.7 Å². The number of amides is 1. The van der Waals surface area contributed by atoms with Gasteiger partial charge in [0.05, 0.1) is 24.9 Å². The van der Waals surface area contributed by atoms with Gasteiger partial charge in [0, 0.05) is 29.3 Å². The third kappa shape index (κ3) is 2.84. The second-order valence-corrected chi connectivity index (χ2v) is 7.05. The largest absolute Gasteiger partial charge is 0.464 e. The van der Waals surface area contributed by atoms with Crippen molar-refractivity contribution in [1.29, 1.82) is 0 Å². The van der Waals surface area contributed by atoms with Crippen molar-refractivity contribution in [2.75, 3.05) is 0 Å². The summed E-state index contributed by atoms with van der Waals surface area (Å²) in [6.45, 7) is 4.15. The van der Waals surface area contributed by atoms with Crippen LogP contribution in [0.2, 0.25) is 0 Å². The van der Waals surface area contributed by atoms with E-state index in [1.54, 1.807) is 6.26 Å². The monoisotopic (exact) mass is 337 g/mol. The molecule has 0 saturated carbocycles. The molecule has 0 aliphatic heterocycles. The predicted octanol–water partition coefficient (Wildman–Crippen LogP) is 3.52. The van der Waals surface area contributed by atoms with Gasteiger partial charge in [-0.15, -0.1) is 0 Å². The smallest absolute Gasteiger partial charge is 0.225 e. The predicted molar refractivity (Wildman–Crippen MR) is 96.4 cm³/mol. The molecule has 25 heavy (non-hydrogen) atoms. The molecular formula is C20H23N3O2. The fraction of sp³-hybridized carbons (Fsp3) is 0.400. The molecule has 0 bridgehead atoms. The average molecular weight is 337 g/mol. The fourth-order valence-corrected chi connectivity index (χ4v) is 3.75. The first-order valence-corrected chi connectivity index (χ1v) is 8.80. The Balaban J connectivity index is 1.53. The van der Waals surface area contributed by atoms with Crippen LogP contribution >= 0.6 is 0 Å². The number of carbonyl (C=O) groups excluding carboxylic acids is 1. The molecule has 1 amide bonds. The first kappa shape index (κ1) is 15.9. The van der Waals surface area contributed by atoms with E-state index < -0.39 is 0 Å². The highest BCUT2D eigenvalue weighted by atomic mass is 16.3. The van der Waals surface area contributed by atoms with E-state index in [0.29, 0.717) is 6.42 Å². The van der Waals surface area contributed by atoms with Crippen molar-refractivity contribution in [1.82, 2.24) is 15.1 Å². The van der Waals surface area contributed by atoms with Crippen LogP contribution in [0.3, 0.4) is 0 Å². The minimum Gasteiger partial charge on any atom is -0.464 e. The van der Waals surface area contributed by atoms with Crippen LogP contribution in [0.4, 0.5) is 0 Å². The van der Waals surface area contributed by atoms with Gasteiger partial charge < -0.3 is 9.73 Å². The molecule has 1 aromatic carbocycles. The lowest BCUT2D eigenvalue weighted by Crippen LogP contribution is -2.32. The molecule has 3 aromatic rings. The van der Waals surface area contributed by atoms with E-state index in [-0.39, 0.29) is 11.9 Å². The standard InChI is InChI=1S/C20H23N3O2/c1-12-7-15-14(11-25-19(15)8-13(12)2)9-20(24)22-17-5-4-6-18-16(17)10-21-23(18)3/h7-8,10-11,17H,4-6,9H2,1-3H3,(H,22,24). The first-order valence-electron chi connectivity index (χ1n) is 8.80. The summed E-state index contributed by atoms with van der Waals surface area (Å²) in [5.41, 5.74) is 6.59. The second kappa shape index (κ2) is 6.06. The van der Waals surface area contributed by atoms with Gasteiger partial charge in [0.2, 0.25) is 5.91 Å². The van der Waals surface area contributed by atoms with E-state index in [4.69, 9.17) is 4.42 Å². The van der Waals surface area contributed by atoms with Gasteiger partial charge >= 0.3 is 0 Å². The number of rotatable bonds is 3. The van der Waals surface area contributed by atoms with Crippen LogP contribution in [0.1, 0.15) is 46.8 Å². The van der Waals surface area contributed by atoms with Crippen LogP contribution in [0, 0.1) is 13.8 Å². The summed E-state index contributed by atoms with van der Waals surface area (Å²) in [6, 6.07) is 4.21. The molecule has 1 aliphatic carbocycles. The maximum absolute atomic E-state index is 12.6. The maximum atomic E-state index is 12.6. The fourth-order valence-electron chi connectivity index (χ4n) is 3.75. The van der Waals surface area contributed by atoms with E-state index in [0.717, 1.165) is 41.4 Å². The molecule has 2 aromatic heterocycles. The summed E-state index contributed by atoms with van der Waals surface area (Å²) in [6.07, 6.45) is 7.00. The van der Waals surface area contributed by atoms with Crippen LogP contribution < -0.4 is 5.32 Å². The molecule has 1 unspecified atom stereocenters. The maximum Gasteiger partial charge on any atom is 0.225 e. The Labute approximate surface area is 147 Å². The quantitative estimate of drug-likeness (QED) is 0.795. The molecule has 1 atom stereocenters. The molecule has 0 fully saturated rings. The number of nitrogens with one attached hydrogen (secondary N) is 1. The van der Waals surface area contributed by atoms with E-state index in [9.17, 15) is 4.79 Å². The summed E-state index contributed by atoms with van der Waals surface area (Å²) in [5.74, 6) is 0.0302. The summed E-state index contributed by atoms with van der Waals surface area (Å²) >= 11 is 0. The first-order chi connectivity index (χ1) is 12.0. The number of nitrogens with zero attached hydrogens (tertiary/aromatic N) is 2. The topological polar surface area (TPSA) is 60.1 Å². The van der Waals surface area contributed by atoms with Crippen LogP contribution in [0.15, 0.2) is 29.0 Å². The van der Waals surface area contributed by atoms with Crippen molar-refractivity contribution in [2.45, 2.75) is 45.6 Å². The molecule has 5 heteroatoms. The van der Waals surface area contributed by atoms with Gasteiger partial charge in [-0.25, -0.2) is 0 Å². The van der Waals surface area contributed by atoms with Crippen molar-refractivity contribution >= 4 is 16.9 Å². The van der Waals surface area contributed by atoms with Crippen molar-refractivity contribution < 1.29 is 9.21 Å². The Morgan fingerprint density at radius 1 is 1.36 bits per heavy atom. The number of aromatic nitrogens is 2. The van der Waals surface area contributed by atoms with Gasteiger partial charge in [-0.3, -0.25) is 9.48 Å². The number of fused-ring (bicyclic) bond motifs is 2. The van der Waals surface area contributed by atoms with Crippen LogP contribution in [0.5, 0.6) is 0 Å². The molecule has 4 rings (SSSR count).